The average Bonchev–Trinajstić information content (AvgIpc) is 2.34. The van der Waals surface area contributed by atoms with Crippen LogP contribution in [0.25, 0.3) is 0 Å². The highest BCUT2D eigenvalue weighted by Gasteiger charge is 2.01. The van der Waals surface area contributed by atoms with Crippen LogP contribution in [-0.2, 0) is 6.42 Å². The molecule has 0 fully saturated rings. The monoisotopic (exact) mass is 252 g/mol. The topological polar surface area (TPSA) is 36.7 Å². The van der Waals surface area contributed by atoms with Crippen LogP contribution in [-0.4, -0.2) is 4.98 Å². The second kappa shape index (κ2) is 10.1. The lowest BCUT2D eigenvalue weighted by atomic mass is 10.1. The third kappa shape index (κ3) is 6.28. The molecule has 0 bridgehead atoms. The van der Waals surface area contributed by atoms with Crippen molar-refractivity contribution < 1.29 is 0 Å². The Morgan fingerprint density at radius 3 is 2.59 bits per heavy atom. The number of aryl methyl sites for hydroxylation is 1. The van der Waals surface area contributed by atoms with E-state index in [-0.39, 0.29) is 12.4 Å². The van der Waals surface area contributed by atoms with Gasteiger partial charge in [-0.15, -0.1) is 12.4 Å². The van der Waals surface area contributed by atoms with Gasteiger partial charge in [0.05, 0.1) is 11.3 Å². The van der Waals surface area contributed by atoms with Gasteiger partial charge in [-0.2, -0.15) is 5.26 Å². The van der Waals surface area contributed by atoms with Gasteiger partial charge in [-0.05, 0) is 25.0 Å². The molecule has 0 spiro atoms. The van der Waals surface area contributed by atoms with Gasteiger partial charge >= 0.3 is 0 Å². The van der Waals surface area contributed by atoms with Crippen LogP contribution in [0.15, 0.2) is 18.3 Å². The lowest BCUT2D eigenvalue weighted by molar-refractivity contribution is 0.604. The summed E-state index contributed by atoms with van der Waals surface area (Å²) in [6, 6.07) is 5.86. The largest absolute Gasteiger partial charge is 0.260 e. The quantitative estimate of drug-likeness (QED) is 0.679. The van der Waals surface area contributed by atoms with E-state index in [4.69, 9.17) is 5.26 Å². The Labute approximate surface area is 110 Å². The van der Waals surface area contributed by atoms with E-state index in [1.807, 2.05) is 12.1 Å². The summed E-state index contributed by atoms with van der Waals surface area (Å²) in [5.74, 6) is 0. The predicted octanol–water partition coefficient (Wildman–Crippen LogP) is 4.28. The number of unbranched alkanes of at least 4 members (excludes halogenated alkanes) is 5. The molecule has 0 N–H and O–H groups in total. The minimum absolute atomic E-state index is 0. The summed E-state index contributed by atoms with van der Waals surface area (Å²) in [5.41, 5.74) is 1.69. The molecule has 0 atom stereocenters. The molecule has 0 amide bonds. The van der Waals surface area contributed by atoms with Crippen molar-refractivity contribution in [2.45, 2.75) is 51.9 Å². The second-order valence-electron chi connectivity index (χ2n) is 4.13. The summed E-state index contributed by atoms with van der Waals surface area (Å²) in [6.07, 6.45) is 10.4. The van der Waals surface area contributed by atoms with Gasteiger partial charge in [-0.3, -0.25) is 4.98 Å². The van der Waals surface area contributed by atoms with Gasteiger partial charge in [-0.25, -0.2) is 0 Å². The minimum atomic E-state index is 0. The molecule has 0 aliphatic carbocycles. The van der Waals surface area contributed by atoms with Crippen LogP contribution in [0.2, 0.25) is 0 Å². The van der Waals surface area contributed by atoms with Crippen molar-refractivity contribution in [1.29, 1.82) is 5.26 Å². The molecule has 0 saturated carbocycles. The number of hydrogen-bond acceptors (Lipinski definition) is 2. The van der Waals surface area contributed by atoms with Gasteiger partial charge in [0, 0.05) is 6.20 Å². The third-order valence-electron chi connectivity index (χ3n) is 2.78. The SMILES string of the molecule is CCCCCCCCc1ncccc1C#N.Cl. The molecular formula is C14H21ClN2. The van der Waals surface area contributed by atoms with Crippen LogP contribution in [0.3, 0.4) is 0 Å². The molecule has 1 aromatic heterocycles. The van der Waals surface area contributed by atoms with Crippen LogP contribution < -0.4 is 0 Å². The first-order valence-electron chi connectivity index (χ1n) is 6.22. The van der Waals surface area contributed by atoms with E-state index in [9.17, 15) is 0 Å². The van der Waals surface area contributed by atoms with E-state index < -0.39 is 0 Å². The maximum atomic E-state index is 8.90. The molecule has 0 aromatic carbocycles. The van der Waals surface area contributed by atoms with Crippen molar-refractivity contribution in [2.24, 2.45) is 0 Å². The van der Waals surface area contributed by atoms with E-state index in [0.717, 1.165) is 24.1 Å². The standard InChI is InChI=1S/C14H20N2.ClH/c1-2-3-4-5-6-7-10-14-13(12-15)9-8-11-16-14;/h8-9,11H,2-7,10H2,1H3;1H. The highest BCUT2D eigenvalue weighted by atomic mass is 35.5. The number of nitriles is 1. The fourth-order valence-electron chi connectivity index (χ4n) is 1.81. The molecule has 17 heavy (non-hydrogen) atoms. The minimum Gasteiger partial charge on any atom is -0.260 e. The lowest BCUT2D eigenvalue weighted by Gasteiger charge is -2.02. The Bertz CT molecular complexity index is 344. The van der Waals surface area contributed by atoms with Crippen molar-refractivity contribution in [3.8, 4) is 6.07 Å². The van der Waals surface area contributed by atoms with E-state index in [2.05, 4.69) is 18.0 Å². The Hall–Kier alpha value is -1.07. The highest BCUT2D eigenvalue weighted by Crippen LogP contribution is 2.11. The van der Waals surface area contributed by atoms with Gasteiger partial charge in [-0.1, -0.05) is 39.0 Å². The average molecular weight is 253 g/mol. The summed E-state index contributed by atoms with van der Waals surface area (Å²) in [4.78, 5) is 4.26. The van der Waals surface area contributed by atoms with Gasteiger partial charge < -0.3 is 0 Å². The van der Waals surface area contributed by atoms with Crippen LogP contribution in [0.5, 0.6) is 0 Å². The Morgan fingerprint density at radius 2 is 1.88 bits per heavy atom. The fourth-order valence-corrected chi connectivity index (χ4v) is 1.81. The molecule has 0 radical (unpaired) electrons. The Morgan fingerprint density at radius 1 is 1.18 bits per heavy atom. The number of halogens is 1. The highest BCUT2D eigenvalue weighted by molar-refractivity contribution is 5.85. The van der Waals surface area contributed by atoms with Crippen LogP contribution >= 0.6 is 12.4 Å². The molecule has 3 heteroatoms. The maximum Gasteiger partial charge on any atom is 0.101 e. The normalized spacial score (nSPS) is 9.41. The Balaban J connectivity index is 0.00000256. The van der Waals surface area contributed by atoms with Gasteiger partial charge in [0.25, 0.3) is 0 Å². The summed E-state index contributed by atoms with van der Waals surface area (Å²) in [7, 11) is 0. The molecule has 0 aliphatic heterocycles. The molecule has 0 unspecified atom stereocenters. The van der Waals surface area contributed by atoms with Crippen molar-refractivity contribution >= 4 is 12.4 Å². The van der Waals surface area contributed by atoms with Gasteiger partial charge in [0.15, 0.2) is 0 Å². The van der Waals surface area contributed by atoms with Crippen molar-refractivity contribution in [3.63, 3.8) is 0 Å². The zero-order chi connectivity index (χ0) is 11.6. The Kier molecular flexibility index (Phi) is 9.47. The van der Waals surface area contributed by atoms with E-state index in [1.165, 1.54) is 32.1 Å². The van der Waals surface area contributed by atoms with Crippen LogP contribution in [0.1, 0.15) is 56.7 Å². The van der Waals surface area contributed by atoms with Gasteiger partial charge in [0.1, 0.15) is 6.07 Å². The fraction of sp³-hybridized carbons (Fsp3) is 0.571. The molecule has 1 aromatic rings. The first kappa shape index (κ1) is 15.9. The zero-order valence-electron chi connectivity index (χ0n) is 10.5. The van der Waals surface area contributed by atoms with E-state index >= 15 is 0 Å². The molecule has 0 saturated heterocycles. The summed E-state index contributed by atoms with van der Waals surface area (Å²) in [5, 5.41) is 8.90. The van der Waals surface area contributed by atoms with Gasteiger partial charge in [0.2, 0.25) is 0 Å². The lowest BCUT2D eigenvalue weighted by Crippen LogP contribution is -1.94. The third-order valence-corrected chi connectivity index (χ3v) is 2.78. The second-order valence-corrected chi connectivity index (χ2v) is 4.13. The van der Waals surface area contributed by atoms with E-state index in [1.54, 1.807) is 6.20 Å². The zero-order valence-corrected chi connectivity index (χ0v) is 11.3. The summed E-state index contributed by atoms with van der Waals surface area (Å²) < 4.78 is 0. The number of hydrogen-bond donors (Lipinski definition) is 0. The molecule has 1 rings (SSSR count). The molecule has 0 aliphatic rings. The van der Waals surface area contributed by atoms with Crippen molar-refractivity contribution in [2.75, 3.05) is 0 Å². The predicted molar refractivity (Wildman–Crippen MR) is 73.3 cm³/mol. The molecule has 2 nitrogen and oxygen atoms in total. The number of nitrogens with zero attached hydrogens (tertiary/aromatic N) is 2. The van der Waals surface area contributed by atoms with Crippen LogP contribution in [0.4, 0.5) is 0 Å². The summed E-state index contributed by atoms with van der Waals surface area (Å²) in [6.45, 7) is 2.23. The van der Waals surface area contributed by atoms with E-state index in [0.29, 0.717) is 0 Å². The number of aromatic nitrogens is 1. The maximum absolute atomic E-state index is 8.90. The first-order chi connectivity index (χ1) is 7.88. The molecule has 1 heterocycles. The number of pyridine rings is 1. The van der Waals surface area contributed by atoms with Crippen molar-refractivity contribution in [1.82, 2.24) is 4.98 Å². The number of rotatable bonds is 7. The molecule has 94 valence electrons. The van der Waals surface area contributed by atoms with Crippen molar-refractivity contribution in [3.05, 3.63) is 29.6 Å². The molecular weight excluding hydrogens is 232 g/mol. The first-order valence-corrected chi connectivity index (χ1v) is 6.22. The summed E-state index contributed by atoms with van der Waals surface area (Å²) >= 11 is 0. The van der Waals surface area contributed by atoms with Crippen LogP contribution in [0, 0.1) is 11.3 Å². The smallest absolute Gasteiger partial charge is 0.101 e.